The molecule has 0 saturated carbocycles. The van der Waals surface area contributed by atoms with Gasteiger partial charge in [-0.2, -0.15) is 13.2 Å². The maximum absolute atomic E-state index is 12.0. The largest absolute Gasteiger partial charge is 2.00 e. The monoisotopic (exact) mass is 771 g/mol. The number of rotatable bonds is 7. The summed E-state index contributed by atoms with van der Waals surface area (Å²) in [5.74, 6) is 0. The van der Waals surface area contributed by atoms with Gasteiger partial charge < -0.3 is 18.9 Å². The molecule has 3 aromatic heterocycles. The normalized spacial score (nSPS) is 11.5. The Hall–Kier alpha value is -5.10. The van der Waals surface area contributed by atoms with Crippen LogP contribution in [0.15, 0.2) is 138 Å². The maximum Gasteiger partial charge on any atom is 2.00 e. The molecule has 0 aliphatic rings. The number of aromatic nitrogens is 6. The summed E-state index contributed by atoms with van der Waals surface area (Å²) in [5.41, 5.74) is 8.34. The SMILES string of the molecule is Cc1cc(-c2ccccc2)nn1[BH-](n1nc(-c2ccccc2)cc1C)n1nc(-c2ccccc2)cc1C.[NH-]S(=O)(=O)c1ccc(C(F)(F)F)cc1.[Zn+2]. The Kier molecular flexibility index (Phi) is 11.5. The van der Waals surface area contributed by atoms with Gasteiger partial charge in [-0.25, -0.2) is 23.7 Å². The third-order valence-electron chi connectivity index (χ3n) is 8.45. The molecule has 15 heteroatoms. The first-order valence-electron chi connectivity index (χ1n) is 16.0. The van der Waals surface area contributed by atoms with E-state index in [0.29, 0.717) is 12.1 Å². The molecule has 0 saturated heterocycles. The predicted molar refractivity (Wildman–Crippen MR) is 193 cm³/mol. The van der Waals surface area contributed by atoms with E-state index in [1.165, 1.54) is 0 Å². The molecule has 9 nitrogen and oxygen atoms in total. The molecule has 0 atom stereocenters. The number of nitrogens with one attached hydrogen (secondary N) is 1. The Morgan fingerprint density at radius 3 is 1.13 bits per heavy atom. The van der Waals surface area contributed by atoms with Gasteiger partial charge in [0.15, 0.2) is 0 Å². The maximum atomic E-state index is 12.0. The first-order chi connectivity index (χ1) is 24.3. The summed E-state index contributed by atoms with van der Waals surface area (Å²) in [6.07, 6.45) is -4.50. The molecule has 0 aliphatic heterocycles. The number of halogens is 3. The molecule has 3 heterocycles. The van der Waals surface area contributed by atoms with Crippen molar-refractivity contribution in [2.45, 2.75) is 31.8 Å². The Labute approximate surface area is 312 Å². The first-order valence-corrected chi connectivity index (χ1v) is 17.5. The average Bonchev–Trinajstić information content (AvgIpc) is 3.82. The van der Waals surface area contributed by atoms with E-state index in [4.69, 9.17) is 20.4 Å². The second-order valence-corrected chi connectivity index (χ2v) is 13.5. The van der Waals surface area contributed by atoms with Crippen LogP contribution in [0.4, 0.5) is 13.2 Å². The molecule has 0 amide bonds. The van der Waals surface area contributed by atoms with Crippen molar-refractivity contribution in [1.82, 2.24) is 29.1 Å². The van der Waals surface area contributed by atoms with Gasteiger partial charge in [0, 0.05) is 21.6 Å². The van der Waals surface area contributed by atoms with E-state index in [0.717, 1.165) is 63.0 Å². The zero-order valence-corrected chi connectivity index (χ0v) is 32.4. The molecule has 1 N–H and O–H groups in total. The molecule has 52 heavy (non-hydrogen) atoms. The number of sulfonamides is 1. The van der Waals surface area contributed by atoms with Crippen LogP contribution < -0.4 is 0 Å². The van der Waals surface area contributed by atoms with Crippen molar-refractivity contribution in [2.24, 2.45) is 0 Å². The summed E-state index contributed by atoms with van der Waals surface area (Å²) < 4.78 is 63.5. The minimum absolute atomic E-state index is 0. The van der Waals surface area contributed by atoms with Crippen LogP contribution in [0.25, 0.3) is 38.9 Å². The van der Waals surface area contributed by atoms with Gasteiger partial charge in [0.05, 0.1) is 32.7 Å². The number of nitrogens with zero attached hydrogens (tertiary/aromatic N) is 6. The Bertz CT molecular complexity index is 2170. The fraction of sp³-hybridized carbons (Fsp3) is 0.108. The number of benzene rings is 4. The second-order valence-electron chi connectivity index (χ2n) is 12.1. The van der Waals surface area contributed by atoms with Crippen molar-refractivity contribution in [3.05, 3.63) is 161 Å². The molecule has 0 fully saturated rings. The van der Waals surface area contributed by atoms with Crippen LogP contribution in [0.1, 0.15) is 22.6 Å². The summed E-state index contributed by atoms with van der Waals surface area (Å²) in [6.45, 7) is 6.31. The molecule has 0 bridgehead atoms. The Balaban J connectivity index is 0.000000296. The van der Waals surface area contributed by atoms with Crippen LogP contribution in [-0.2, 0) is 35.7 Å². The summed E-state index contributed by atoms with van der Waals surface area (Å²) in [5, 5.41) is 21.9. The minimum atomic E-state index is -4.50. The van der Waals surface area contributed by atoms with Gasteiger partial charge in [-0.3, -0.25) is 0 Å². The molecule has 7 aromatic rings. The molecule has 7 rings (SSSR count). The topological polar surface area (TPSA) is 111 Å². The van der Waals surface area contributed by atoms with E-state index in [9.17, 15) is 21.6 Å². The zero-order valence-electron chi connectivity index (χ0n) is 28.7. The molecule has 260 valence electrons. The van der Waals surface area contributed by atoms with E-state index >= 15 is 0 Å². The Morgan fingerprint density at radius 1 is 0.558 bits per heavy atom. The van der Waals surface area contributed by atoms with Crippen molar-refractivity contribution >= 4 is 17.1 Å². The van der Waals surface area contributed by atoms with Gasteiger partial charge in [0.2, 0.25) is 0 Å². The van der Waals surface area contributed by atoms with E-state index in [1.54, 1.807) is 0 Å². The van der Waals surface area contributed by atoms with Crippen LogP contribution in [0.3, 0.4) is 0 Å². The number of hydrogen-bond donors (Lipinski definition) is 0. The quantitative estimate of drug-likeness (QED) is 0.151. The van der Waals surface area contributed by atoms with Crippen LogP contribution in [0, 0.1) is 20.8 Å². The standard InChI is InChI=1S/C30H28BN6.C7H5F3NO2S.Zn/c1-22-19-28(25-13-7-4-8-14-25)32-35(22)31(36-23(2)20-29(33-36)26-15-9-5-10-16-26)37-24(3)21-30(34-37)27-17-11-6-12-18-27;8-7(9,10)5-1-3-6(4-2-5)14(11,12)13;/h4-21,31H,1-3H3;1-4H,(H-,11,12,13);/q2*-1;+2. The van der Waals surface area contributed by atoms with Crippen LogP contribution in [0.2, 0.25) is 0 Å². The second kappa shape index (κ2) is 15.6. The zero-order chi connectivity index (χ0) is 36.3. The fourth-order valence-corrected chi connectivity index (χ4v) is 6.34. The van der Waals surface area contributed by atoms with E-state index in [1.807, 2.05) is 54.6 Å². The molecule has 0 radical (unpaired) electrons. The molecule has 0 unspecified atom stereocenters. The first kappa shape index (κ1) is 38.1. The fourth-order valence-electron chi connectivity index (χ4n) is 5.84. The van der Waals surface area contributed by atoms with Gasteiger partial charge in [-0.15, -0.1) is 0 Å². The van der Waals surface area contributed by atoms with Crippen LogP contribution >= 0.6 is 0 Å². The summed E-state index contributed by atoms with van der Waals surface area (Å²) in [4.78, 5) is -0.453. The summed E-state index contributed by atoms with van der Waals surface area (Å²) >= 11 is 0. The van der Waals surface area contributed by atoms with Gasteiger partial charge in [0.1, 0.15) is 0 Å². The number of alkyl halides is 3. The van der Waals surface area contributed by atoms with Crippen molar-refractivity contribution in [3.63, 3.8) is 0 Å². The van der Waals surface area contributed by atoms with Crippen LogP contribution in [0.5, 0.6) is 0 Å². The summed E-state index contributed by atoms with van der Waals surface area (Å²) in [7, 11) is -5.74. The average molecular weight is 773 g/mol. The Morgan fingerprint density at radius 2 is 0.865 bits per heavy atom. The smallest absolute Gasteiger partial charge is 0.560 e. The van der Waals surface area contributed by atoms with Gasteiger partial charge in [-0.05, 0) is 80.3 Å². The molecule has 4 aromatic carbocycles. The minimum Gasteiger partial charge on any atom is -0.560 e. The predicted octanol–water partition coefficient (Wildman–Crippen LogP) is 8.31. The van der Waals surface area contributed by atoms with Gasteiger partial charge in [0.25, 0.3) is 0 Å². The third-order valence-corrected chi connectivity index (χ3v) is 9.34. The van der Waals surface area contributed by atoms with E-state index in [2.05, 4.69) is 89.1 Å². The molecule has 0 aliphatic carbocycles. The molecule has 0 spiro atoms. The number of aryl methyl sites for hydroxylation is 3. The van der Waals surface area contributed by atoms with E-state index in [-0.39, 0.29) is 19.5 Å². The van der Waals surface area contributed by atoms with Crippen molar-refractivity contribution in [1.29, 1.82) is 0 Å². The molecular weight excluding hydrogens is 740 g/mol. The van der Waals surface area contributed by atoms with Crippen LogP contribution in [-0.4, -0.2) is 44.6 Å². The molecular formula is C37H33BF3N7O2SZn. The van der Waals surface area contributed by atoms with Crippen molar-refractivity contribution in [3.8, 4) is 33.8 Å². The number of hydrogen-bond acceptors (Lipinski definition) is 5. The van der Waals surface area contributed by atoms with Gasteiger partial charge >= 0.3 is 32.8 Å². The van der Waals surface area contributed by atoms with Gasteiger partial charge in [-0.1, -0.05) is 91.0 Å². The summed E-state index contributed by atoms with van der Waals surface area (Å²) in [6, 6.07) is 40.1. The van der Waals surface area contributed by atoms with Crippen molar-refractivity contribution in [2.75, 3.05) is 0 Å². The van der Waals surface area contributed by atoms with Crippen molar-refractivity contribution < 1.29 is 41.1 Å². The van der Waals surface area contributed by atoms with E-state index < -0.39 is 33.8 Å². The third kappa shape index (κ3) is 8.50.